The van der Waals surface area contributed by atoms with Crippen LogP contribution in [-0.4, -0.2) is 47.0 Å². The minimum Gasteiger partial charge on any atom is -0.493 e. The molecule has 0 saturated heterocycles. The molecular weight excluding hydrogens is 316 g/mol. The number of methoxy groups -OCH3 is 3. The molecule has 1 aromatic carbocycles. The average molecular weight is 340 g/mol. The van der Waals surface area contributed by atoms with E-state index in [4.69, 9.17) is 28.4 Å². The Labute approximate surface area is 142 Å². The summed E-state index contributed by atoms with van der Waals surface area (Å²) in [5.41, 5.74) is 0.689. The lowest BCUT2D eigenvalue weighted by molar-refractivity contribution is -0.231. The van der Waals surface area contributed by atoms with Crippen LogP contribution in [0.25, 0.3) is 6.08 Å². The summed E-state index contributed by atoms with van der Waals surface area (Å²) in [4.78, 5) is 11.4. The number of esters is 1. The lowest BCUT2D eigenvalue weighted by Gasteiger charge is -2.20. The number of hydrogen-bond donors (Lipinski definition) is 0. The fraction of sp³-hybridized carbons (Fsp3) is 0.471. The Bertz CT molecular complexity index is 529. The van der Waals surface area contributed by atoms with Crippen molar-refractivity contribution in [1.82, 2.24) is 0 Å². The molecule has 0 spiro atoms. The molecule has 7 heteroatoms. The van der Waals surface area contributed by atoms with E-state index in [0.29, 0.717) is 36.0 Å². The van der Waals surface area contributed by atoms with E-state index < -0.39 is 12.4 Å². The fourth-order valence-electron chi connectivity index (χ4n) is 1.85. The van der Waals surface area contributed by atoms with E-state index in [1.165, 1.54) is 27.4 Å². The lowest BCUT2D eigenvalue weighted by atomic mass is 10.1. The summed E-state index contributed by atoms with van der Waals surface area (Å²) in [7, 11) is 4.47. The number of benzene rings is 1. The van der Waals surface area contributed by atoms with E-state index in [0.717, 1.165) is 0 Å². The maximum atomic E-state index is 11.4. The van der Waals surface area contributed by atoms with Crippen molar-refractivity contribution in [3.63, 3.8) is 0 Å². The summed E-state index contributed by atoms with van der Waals surface area (Å²) < 4.78 is 31.6. The molecule has 0 radical (unpaired) electrons. The molecule has 7 nitrogen and oxygen atoms in total. The van der Waals surface area contributed by atoms with Crippen LogP contribution in [-0.2, 0) is 19.0 Å². The number of ether oxygens (including phenoxy) is 6. The molecule has 0 N–H and O–H groups in total. The van der Waals surface area contributed by atoms with Gasteiger partial charge in [-0.2, -0.15) is 0 Å². The van der Waals surface area contributed by atoms with Crippen LogP contribution in [0.1, 0.15) is 19.4 Å². The largest absolute Gasteiger partial charge is 0.493 e. The zero-order valence-corrected chi connectivity index (χ0v) is 14.7. The normalized spacial score (nSPS) is 12.0. The van der Waals surface area contributed by atoms with Crippen LogP contribution in [0.15, 0.2) is 18.2 Å². The Morgan fingerprint density at radius 3 is 2.17 bits per heavy atom. The molecule has 1 rings (SSSR count). The molecular formula is C17H24O7. The highest BCUT2D eigenvalue weighted by molar-refractivity contribution is 5.87. The van der Waals surface area contributed by atoms with Crippen LogP contribution in [0.2, 0.25) is 0 Å². The third-order valence-electron chi connectivity index (χ3n) is 2.89. The lowest BCUT2D eigenvalue weighted by Crippen LogP contribution is -2.23. The van der Waals surface area contributed by atoms with E-state index >= 15 is 0 Å². The molecule has 0 heterocycles. The van der Waals surface area contributed by atoms with Crippen molar-refractivity contribution in [2.24, 2.45) is 0 Å². The van der Waals surface area contributed by atoms with Crippen LogP contribution in [0.3, 0.4) is 0 Å². The monoisotopic (exact) mass is 340 g/mol. The molecule has 0 aromatic heterocycles. The molecule has 1 atom stereocenters. The highest BCUT2D eigenvalue weighted by Gasteiger charge is 2.18. The molecule has 0 aliphatic rings. The second-order valence-electron chi connectivity index (χ2n) is 4.44. The van der Waals surface area contributed by atoms with Crippen molar-refractivity contribution in [3.8, 4) is 17.2 Å². The van der Waals surface area contributed by atoms with Crippen molar-refractivity contribution >= 4 is 12.0 Å². The maximum absolute atomic E-state index is 11.4. The van der Waals surface area contributed by atoms with E-state index in [1.807, 2.05) is 6.92 Å². The Balaban J connectivity index is 3.11. The van der Waals surface area contributed by atoms with E-state index in [-0.39, 0.29) is 0 Å². The molecule has 0 bridgehead atoms. The Hall–Kier alpha value is -2.25. The molecule has 24 heavy (non-hydrogen) atoms. The van der Waals surface area contributed by atoms with Crippen molar-refractivity contribution < 1.29 is 33.2 Å². The summed E-state index contributed by atoms with van der Waals surface area (Å²) >= 11 is 0. The smallest absolute Gasteiger partial charge is 0.330 e. The Morgan fingerprint density at radius 1 is 1.08 bits per heavy atom. The van der Waals surface area contributed by atoms with Crippen molar-refractivity contribution in [3.05, 3.63) is 23.8 Å². The van der Waals surface area contributed by atoms with Gasteiger partial charge in [0.1, 0.15) is 0 Å². The second-order valence-corrected chi connectivity index (χ2v) is 4.44. The number of carbonyl (C=O) groups excluding carboxylic acids is 1. The van der Waals surface area contributed by atoms with Gasteiger partial charge in [0, 0.05) is 13.2 Å². The van der Waals surface area contributed by atoms with E-state index in [2.05, 4.69) is 0 Å². The molecule has 0 fully saturated rings. The number of carbonyl (C=O) groups is 1. The van der Waals surface area contributed by atoms with Gasteiger partial charge in [-0.1, -0.05) is 0 Å². The van der Waals surface area contributed by atoms with Crippen molar-refractivity contribution in [2.75, 3.05) is 34.5 Å². The summed E-state index contributed by atoms with van der Waals surface area (Å²) in [6, 6.07) is 3.40. The van der Waals surface area contributed by atoms with E-state index in [1.54, 1.807) is 25.1 Å². The van der Waals surface area contributed by atoms with Crippen molar-refractivity contribution in [1.29, 1.82) is 0 Å². The van der Waals surface area contributed by atoms with Crippen LogP contribution in [0.4, 0.5) is 0 Å². The molecule has 0 saturated carbocycles. The first-order valence-corrected chi connectivity index (χ1v) is 7.51. The second kappa shape index (κ2) is 10.5. The SMILES string of the molecule is CCOC(=O)/C=C/c1cc(OC)c(O[C@@H](OC)OCC)c(OC)c1. The first-order chi connectivity index (χ1) is 11.6. The van der Waals surface area contributed by atoms with Gasteiger partial charge in [0.15, 0.2) is 11.5 Å². The van der Waals surface area contributed by atoms with Gasteiger partial charge >= 0.3 is 12.4 Å². The first-order valence-electron chi connectivity index (χ1n) is 7.51. The molecule has 0 aliphatic heterocycles. The molecule has 0 unspecified atom stereocenters. The molecule has 0 aliphatic carbocycles. The third kappa shape index (κ3) is 5.75. The topological polar surface area (TPSA) is 72.5 Å². The zero-order chi connectivity index (χ0) is 17.9. The fourth-order valence-corrected chi connectivity index (χ4v) is 1.85. The van der Waals surface area contributed by atoms with E-state index in [9.17, 15) is 4.79 Å². The summed E-state index contributed by atoms with van der Waals surface area (Å²) in [5.74, 6) is 0.749. The van der Waals surface area contributed by atoms with Gasteiger partial charge in [-0.05, 0) is 37.6 Å². The molecule has 1 aromatic rings. The first kappa shape index (κ1) is 19.8. The van der Waals surface area contributed by atoms with Gasteiger partial charge in [-0.25, -0.2) is 4.79 Å². The van der Waals surface area contributed by atoms with Crippen LogP contribution in [0, 0.1) is 0 Å². The minimum atomic E-state index is -0.890. The third-order valence-corrected chi connectivity index (χ3v) is 2.89. The number of rotatable bonds is 10. The van der Waals surface area contributed by atoms with Gasteiger partial charge in [-0.3, -0.25) is 0 Å². The Morgan fingerprint density at radius 2 is 1.71 bits per heavy atom. The Kier molecular flexibility index (Phi) is 8.67. The molecule has 134 valence electrons. The summed E-state index contributed by atoms with van der Waals surface area (Å²) in [6.07, 6.45) is 2.93. The summed E-state index contributed by atoms with van der Waals surface area (Å²) in [5, 5.41) is 0. The molecule has 0 amide bonds. The predicted octanol–water partition coefficient (Wildman–Crippen LogP) is 2.63. The maximum Gasteiger partial charge on any atom is 0.330 e. The standard InChI is InChI=1S/C17H24O7/c1-6-22-15(18)9-8-12-10-13(19-3)16(14(11-12)20-4)24-17(21-5)23-7-2/h8-11,17H,6-7H2,1-5H3/b9-8+/t17-/m0/s1. The van der Waals surface area contributed by atoms with Crippen LogP contribution in [0.5, 0.6) is 17.2 Å². The van der Waals surface area contributed by atoms with Gasteiger partial charge in [0.25, 0.3) is 0 Å². The highest BCUT2D eigenvalue weighted by Crippen LogP contribution is 2.39. The predicted molar refractivity (Wildman–Crippen MR) is 88.3 cm³/mol. The summed E-state index contributed by atoms with van der Waals surface area (Å²) in [6.45, 7) is 3.42. The van der Waals surface area contributed by atoms with Crippen LogP contribution < -0.4 is 14.2 Å². The average Bonchev–Trinajstić information content (AvgIpc) is 2.59. The van der Waals surface area contributed by atoms with Gasteiger partial charge in [0.05, 0.1) is 27.4 Å². The van der Waals surface area contributed by atoms with Crippen molar-refractivity contribution in [2.45, 2.75) is 20.3 Å². The number of hydrogen-bond acceptors (Lipinski definition) is 7. The van der Waals surface area contributed by atoms with Gasteiger partial charge in [0.2, 0.25) is 5.75 Å². The minimum absolute atomic E-state index is 0.318. The van der Waals surface area contributed by atoms with Gasteiger partial charge in [-0.15, -0.1) is 0 Å². The van der Waals surface area contributed by atoms with Crippen LogP contribution >= 0.6 is 0 Å². The highest BCUT2D eigenvalue weighted by atomic mass is 16.8. The quantitative estimate of drug-likeness (QED) is 0.368. The van der Waals surface area contributed by atoms with Gasteiger partial charge < -0.3 is 28.4 Å². The zero-order valence-electron chi connectivity index (χ0n) is 14.7.